The lowest BCUT2D eigenvalue weighted by molar-refractivity contribution is -0.716. The topological polar surface area (TPSA) is 38.8 Å². The highest BCUT2D eigenvalue weighted by Gasteiger charge is 2.32. The van der Waals surface area contributed by atoms with E-state index >= 15 is 0 Å². The summed E-state index contributed by atoms with van der Waals surface area (Å²) < 4.78 is 3.96. The number of aromatic nitrogens is 3. The first kappa shape index (κ1) is 13.9. The van der Waals surface area contributed by atoms with Crippen LogP contribution in [0.3, 0.4) is 0 Å². The second-order valence-electron chi connectivity index (χ2n) is 4.78. The Hall–Kier alpha value is -1.49. The van der Waals surface area contributed by atoms with Gasteiger partial charge in [0.25, 0.3) is 5.56 Å². The van der Waals surface area contributed by atoms with Crippen molar-refractivity contribution in [3.05, 3.63) is 59.0 Å². The molecule has 2 aromatic heterocycles. The third-order valence-electron chi connectivity index (χ3n) is 3.60. The highest BCUT2D eigenvalue weighted by Crippen LogP contribution is 2.27. The average Bonchev–Trinajstić information content (AvgIpc) is 2.40. The zero-order chi connectivity index (χ0) is 12.5. The number of halogens is 1. The van der Waals surface area contributed by atoms with E-state index in [4.69, 9.17) is 0 Å². The van der Waals surface area contributed by atoms with Gasteiger partial charge in [-0.15, -0.1) is 0 Å². The summed E-state index contributed by atoms with van der Waals surface area (Å²) in [5.41, 5.74) is 0.0498. The SMILES string of the molecule is CC1CCC([n+]2ccccc2)c2nccc(=O)n21.[Br-]. The zero-order valence-corrected chi connectivity index (χ0v) is 12.3. The molecule has 0 aromatic carbocycles. The van der Waals surface area contributed by atoms with Crippen LogP contribution in [-0.2, 0) is 0 Å². The Bertz CT molecular complexity index is 612. The van der Waals surface area contributed by atoms with Gasteiger partial charge in [0.05, 0.1) is 0 Å². The first-order valence-corrected chi connectivity index (χ1v) is 6.30. The van der Waals surface area contributed by atoms with Crippen LogP contribution in [0.1, 0.15) is 37.7 Å². The molecule has 5 heteroatoms. The molecule has 0 spiro atoms. The Kier molecular flexibility index (Phi) is 4.14. The molecule has 4 nitrogen and oxygen atoms in total. The van der Waals surface area contributed by atoms with Crippen LogP contribution in [0.15, 0.2) is 47.7 Å². The Morgan fingerprint density at radius 1 is 1.26 bits per heavy atom. The largest absolute Gasteiger partial charge is 1.00 e. The number of pyridine rings is 1. The van der Waals surface area contributed by atoms with E-state index in [0.29, 0.717) is 0 Å². The molecule has 0 N–H and O–H groups in total. The summed E-state index contributed by atoms with van der Waals surface area (Å²) in [6.07, 6.45) is 7.70. The molecule has 2 atom stereocenters. The Balaban J connectivity index is 0.00000133. The quantitative estimate of drug-likeness (QED) is 0.598. The smallest absolute Gasteiger partial charge is 0.253 e. The van der Waals surface area contributed by atoms with Crippen LogP contribution in [-0.4, -0.2) is 9.55 Å². The highest BCUT2D eigenvalue weighted by atomic mass is 79.9. The number of hydrogen-bond acceptors (Lipinski definition) is 2. The fourth-order valence-electron chi connectivity index (χ4n) is 2.68. The maximum atomic E-state index is 12.0. The van der Waals surface area contributed by atoms with Gasteiger partial charge in [0.15, 0.2) is 18.2 Å². The minimum Gasteiger partial charge on any atom is -1.00 e. The molecule has 0 saturated heterocycles. The molecule has 0 aliphatic carbocycles. The van der Waals surface area contributed by atoms with E-state index in [1.807, 2.05) is 35.2 Å². The van der Waals surface area contributed by atoms with Gasteiger partial charge in [0.1, 0.15) is 0 Å². The van der Waals surface area contributed by atoms with Crippen molar-refractivity contribution < 1.29 is 21.5 Å². The fourth-order valence-corrected chi connectivity index (χ4v) is 2.68. The first-order valence-electron chi connectivity index (χ1n) is 6.30. The molecule has 1 aliphatic heterocycles. The molecular formula is C14H16BrN3O. The lowest BCUT2D eigenvalue weighted by Crippen LogP contribution is -3.00. The van der Waals surface area contributed by atoms with E-state index in [2.05, 4.69) is 16.5 Å². The molecular weight excluding hydrogens is 306 g/mol. The van der Waals surface area contributed by atoms with Gasteiger partial charge in [-0.05, 0) is 13.3 Å². The minimum atomic E-state index is 0. The summed E-state index contributed by atoms with van der Waals surface area (Å²) in [6.45, 7) is 2.08. The van der Waals surface area contributed by atoms with Crippen molar-refractivity contribution in [2.24, 2.45) is 0 Å². The van der Waals surface area contributed by atoms with Crippen LogP contribution in [0.5, 0.6) is 0 Å². The van der Waals surface area contributed by atoms with Crippen molar-refractivity contribution in [3.63, 3.8) is 0 Å². The predicted molar refractivity (Wildman–Crippen MR) is 67.2 cm³/mol. The summed E-state index contributed by atoms with van der Waals surface area (Å²) >= 11 is 0. The summed E-state index contributed by atoms with van der Waals surface area (Å²) in [5, 5.41) is 0. The van der Waals surface area contributed by atoms with Gasteiger partial charge in [0.2, 0.25) is 6.04 Å². The summed E-state index contributed by atoms with van der Waals surface area (Å²) in [4.78, 5) is 16.4. The summed E-state index contributed by atoms with van der Waals surface area (Å²) in [7, 11) is 0. The van der Waals surface area contributed by atoms with Gasteiger partial charge < -0.3 is 17.0 Å². The van der Waals surface area contributed by atoms with Gasteiger partial charge in [0, 0.05) is 36.9 Å². The van der Waals surface area contributed by atoms with E-state index in [1.54, 1.807) is 6.20 Å². The molecule has 19 heavy (non-hydrogen) atoms. The Labute approximate surface area is 122 Å². The third-order valence-corrected chi connectivity index (χ3v) is 3.60. The van der Waals surface area contributed by atoms with Crippen molar-refractivity contribution in [2.45, 2.75) is 31.8 Å². The van der Waals surface area contributed by atoms with Crippen molar-refractivity contribution in [1.29, 1.82) is 0 Å². The number of rotatable bonds is 1. The molecule has 100 valence electrons. The Morgan fingerprint density at radius 2 is 2.00 bits per heavy atom. The van der Waals surface area contributed by atoms with E-state index in [-0.39, 0.29) is 34.6 Å². The van der Waals surface area contributed by atoms with Gasteiger partial charge in [-0.3, -0.25) is 9.36 Å². The maximum Gasteiger partial charge on any atom is 0.253 e. The summed E-state index contributed by atoms with van der Waals surface area (Å²) in [6, 6.07) is 7.94. The zero-order valence-electron chi connectivity index (χ0n) is 10.7. The number of nitrogens with zero attached hydrogens (tertiary/aromatic N) is 3. The van der Waals surface area contributed by atoms with Crippen LogP contribution >= 0.6 is 0 Å². The monoisotopic (exact) mass is 321 g/mol. The van der Waals surface area contributed by atoms with Crippen molar-refractivity contribution in [2.75, 3.05) is 0 Å². The Morgan fingerprint density at radius 3 is 2.74 bits per heavy atom. The minimum absolute atomic E-state index is 0. The van der Waals surface area contributed by atoms with Gasteiger partial charge >= 0.3 is 0 Å². The maximum absolute atomic E-state index is 12.0. The van der Waals surface area contributed by atoms with Crippen LogP contribution in [0.4, 0.5) is 0 Å². The van der Waals surface area contributed by atoms with Crippen LogP contribution < -0.4 is 27.1 Å². The van der Waals surface area contributed by atoms with E-state index < -0.39 is 0 Å². The van der Waals surface area contributed by atoms with E-state index in [0.717, 1.165) is 18.7 Å². The molecule has 3 heterocycles. The second kappa shape index (κ2) is 5.65. The van der Waals surface area contributed by atoms with E-state index in [1.165, 1.54) is 6.07 Å². The molecule has 0 saturated carbocycles. The predicted octanol–water partition coefficient (Wildman–Crippen LogP) is -1.52. The fraction of sp³-hybridized carbons (Fsp3) is 0.357. The van der Waals surface area contributed by atoms with Crippen LogP contribution in [0.2, 0.25) is 0 Å². The highest BCUT2D eigenvalue weighted by molar-refractivity contribution is 5.03. The summed E-state index contributed by atoms with van der Waals surface area (Å²) in [5.74, 6) is 0.873. The third kappa shape index (κ3) is 2.47. The molecule has 1 aliphatic rings. The molecule has 0 bridgehead atoms. The second-order valence-corrected chi connectivity index (χ2v) is 4.78. The van der Waals surface area contributed by atoms with Gasteiger partial charge in [-0.1, -0.05) is 6.07 Å². The van der Waals surface area contributed by atoms with Crippen molar-refractivity contribution in [1.82, 2.24) is 9.55 Å². The molecule has 0 amide bonds. The molecule has 2 aromatic rings. The average molecular weight is 322 g/mol. The first-order chi connectivity index (χ1) is 8.77. The molecule has 0 fully saturated rings. The van der Waals surface area contributed by atoms with Crippen LogP contribution in [0, 0.1) is 0 Å². The molecule has 2 unspecified atom stereocenters. The van der Waals surface area contributed by atoms with E-state index in [9.17, 15) is 4.79 Å². The standard InChI is InChI=1S/C14H16N3O.BrH/c1-11-5-6-12(16-9-3-2-4-10-16)14-15-8-7-13(18)17(11)14;/h2-4,7-12H,5-6H2,1H3;1H/q+1;/p-1. The van der Waals surface area contributed by atoms with Crippen LogP contribution in [0.25, 0.3) is 0 Å². The number of hydrogen-bond donors (Lipinski definition) is 0. The molecule has 0 radical (unpaired) electrons. The molecule has 3 rings (SSSR count). The van der Waals surface area contributed by atoms with Crippen molar-refractivity contribution in [3.8, 4) is 0 Å². The van der Waals surface area contributed by atoms with Gasteiger partial charge in [-0.2, -0.15) is 4.57 Å². The van der Waals surface area contributed by atoms with Gasteiger partial charge in [-0.25, -0.2) is 4.98 Å². The normalized spacial score (nSPS) is 21.3. The number of fused-ring (bicyclic) bond motifs is 1. The lowest BCUT2D eigenvalue weighted by atomic mass is 10.0. The lowest BCUT2D eigenvalue weighted by Gasteiger charge is -2.26. The van der Waals surface area contributed by atoms with Crippen molar-refractivity contribution >= 4 is 0 Å².